The Morgan fingerprint density at radius 1 is 1.12 bits per heavy atom. The summed E-state index contributed by atoms with van der Waals surface area (Å²) in [7, 11) is 0. The molecule has 0 aromatic heterocycles. The van der Waals surface area contributed by atoms with Crippen molar-refractivity contribution >= 4 is 17.7 Å². The average molecular weight is 371 g/mol. The summed E-state index contributed by atoms with van der Waals surface area (Å²) in [6.45, 7) is 7.03. The molecule has 1 fully saturated rings. The smallest absolute Gasteiger partial charge is 0.233 e. The number of ether oxygens (including phenoxy) is 1. The van der Waals surface area contributed by atoms with E-state index in [9.17, 15) is 4.79 Å². The minimum Gasteiger partial charge on any atom is -0.379 e. The minimum atomic E-state index is -0.117. The summed E-state index contributed by atoms with van der Waals surface area (Å²) in [4.78, 5) is 15.9. The Morgan fingerprint density at radius 3 is 2.62 bits per heavy atom. The van der Waals surface area contributed by atoms with Gasteiger partial charge in [0.1, 0.15) is 0 Å². The Kier molecular flexibility index (Phi) is 7.12. The third-order valence-corrected chi connectivity index (χ3v) is 5.51. The van der Waals surface area contributed by atoms with Crippen LogP contribution in [-0.4, -0.2) is 42.4 Å². The Bertz CT molecular complexity index is 702. The first-order valence-corrected chi connectivity index (χ1v) is 9.96. The van der Waals surface area contributed by atoms with Gasteiger partial charge in [-0.2, -0.15) is 0 Å². The fraction of sp³-hybridized carbons (Fsp3) is 0.381. The third kappa shape index (κ3) is 5.87. The predicted molar refractivity (Wildman–Crippen MR) is 106 cm³/mol. The molecule has 0 saturated carbocycles. The van der Waals surface area contributed by atoms with Crippen molar-refractivity contribution in [3.63, 3.8) is 0 Å². The molecule has 2 aromatic rings. The SMILES string of the molecule is CC(Sc1ccccc1)C(=O)NCc1cccc(CN2CCOCC2)c1. The zero-order valence-corrected chi connectivity index (χ0v) is 16.0. The maximum absolute atomic E-state index is 12.4. The molecule has 1 amide bonds. The number of hydrogen-bond donors (Lipinski definition) is 1. The van der Waals surface area contributed by atoms with E-state index in [4.69, 9.17) is 4.74 Å². The van der Waals surface area contributed by atoms with Gasteiger partial charge in [-0.3, -0.25) is 9.69 Å². The molecule has 4 nitrogen and oxygen atoms in total. The van der Waals surface area contributed by atoms with Crippen molar-refractivity contribution in [2.24, 2.45) is 0 Å². The molecule has 0 radical (unpaired) electrons. The molecule has 1 atom stereocenters. The van der Waals surface area contributed by atoms with Crippen molar-refractivity contribution < 1.29 is 9.53 Å². The first kappa shape index (κ1) is 19.0. The summed E-state index contributed by atoms with van der Waals surface area (Å²) in [5.74, 6) is 0.0671. The largest absolute Gasteiger partial charge is 0.379 e. The molecule has 5 heteroatoms. The lowest BCUT2D eigenvalue weighted by Gasteiger charge is -2.26. The van der Waals surface area contributed by atoms with Crippen LogP contribution in [0, 0.1) is 0 Å². The molecule has 1 saturated heterocycles. The van der Waals surface area contributed by atoms with Gasteiger partial charge in [-0.25, -0.2) is 0 Å². The van der Waals surface area contributed by atoms with Gasteiger partial charge in [0.15, 0.2) is 0 Å². The summed E-state index contributed by atoms with van der Waals surface area (Å²) in [5, 5.41) is 2.94. The Morgan fingerprint density at radius 2 is 1.85 bits per heavy atom. The molecule has 0 spiro atoms. The van der Waals surface area contributed by atoms with E-state index in [0.717, 1.165) is 43.3 Å². The van der Waals surface area contributed by atoms with Crippen molar-refractivity contribution in [1.82, 2.24) is 10.2 Å². The van der Waals surface area contributed by atoms with Crippen LogP contribution in [0.5, 0.6) is 0 Å². The monoisotopic (exact) mass is 370 g/mol. The second kappa shape index (κ2) is 9.76. The van der Waals surface area contributed by atoms with Crippen LogP contribution in [-0.2, 0) is 22.6 Å². The highest BCUT2D eigenvalue weighted by molar-refractivity contribution is 8.00. The maximum atomic E-state index is 12.4. The maximum Gasteiger partial charge on any atom is 0.233 e. The molecule has 1 unspecified atom stereocenters. The van der Waals surface area contributed by atoms with Crippen molar-refractivity contribution in [1.29, 1.82) is 0 Å². The lowest BCUT2D eigenvalue weighted by molar-refractivity contribution is -0.120. The van der Waals surface area contributed by atoms with Crippen LogP contribution < -0.4 is 5.32 Å². The van der Waals surface area contributed by atoms with E-state index in [2.05, 4.69) is 34.5 Å². The van der Waals surface area contributed by atoms with Gasteiger partial charge >= 0.3 is 0 Å². The second-order valence-electron chi connectivity index (χ2n) is 6.50. The lowest BCUT2D eigenvalue weighted by atomic mass is 10.1. The van der Waals surface area contributed by atoms with Gasteiger partial charge in [0.05, 0.1) is 18.5 Å². The van der Waals surface area contributed by atoms with Crippen LogP contribution in [0.1, 0.15) is 18.1 Å². The van der Waals surface area contributed by atoms with Crippen molar-refractivity contribution in [3.8, 4) is 0 Å². The van der Waals surface area contributed by atoms with E-state index in [-0.39, 0.29) is 11.2 Å². The fourth-order valence-electron chi connectivity index (χ4n) is 2.95. The Hall–Kier alpha value is -1.82. The number of thioether (sulfide) groups is 1. The minimum absolute atomic E-state index is 0.0671. The van der Waals surface area contributed by atoms with Gasteiger partial charge < -0.3 is 10.1 Å². The van der Waals surface area contributed by atoms with E-state index in [1.165, 1.54) is 5.56 Å². The molecule has 0 aliphatic carbocycles. The van der Waals surface area contributed by atoms with Crippen molar-refractivity contribution in [2.45, 2.75) is 30.2 Å². The molecular formula is C21H26N2O2S. The highest BCUT2D eigenvalue weighted by Crippen LogP contribution is 2.22. The Balaban J connectivity index is 1.49. The van der Waals surface area contributed by atoms with Gasteiger partial charge in [0.2, 0.25) is 5.91 Å². The number of carbonyl (C=O) groups excluding carboxylic acids is 1. The van der Waals surface area contributed by atoms with Gasteiger partial charge in [-0.05, 0) is 30.2 Å². The molecule has 1 aliphatic heterocycles. The quantitative estimate of drug-likeness (QED) is 0.759. The molecule has 2 aromatic carbocycles. The number of carbonyl (C=O) groups is 1. The number of hydrogen-bond acceptors (Lipinski definition) is 4. The van der Waals surface area contributed by atoms with E-state index >= 15 is 0 Å². The molecule has 1 N–H and O–H groups in total. The van der Waals surface area contributed by atoms with Crippen LogP contribution in [0.15, 0.2) is 59.5 Å². The zero-order chi connectivity index (χ0) is 18.2. The number of nitrogens with zero attached hydrogens (tertiary/aromatic N) is 1. The Labute approximate surface area is 159 Å². The number of benzene rings is 2. The summed E-state index contributed by atoms with van der Waals surface area (Å²) in [6.07, 6.45) is 0. The molecule has 3 rings (SSSR count). The molecule has 1 aliphatic rings. The predicted octanol–water partition coefficient (Wildman–Crippen LogP) is 3.32. The molecule has 1 heterocycles. The number of amides is 1. The normalized spacial score (nSPS) is 16.2. The van der Waals surface area contributed by atoms with Gasteiger partial charge in [-0.15, -0.1) is 11.8 Å². The van der Waals surface area contributed by atoms with Crippen LogP contribution in [0.25, 0.3) is 0 Å². The van der Waals surface area contributed by atoms with Crippen LogP contribution in [0.4, 0.5) is 0 Å². The molecule has 26 heavy (non-hydrogen) atoms. The highest BCUT2D eigenvalue weighted by Gasteiger charge is 2.14. The molecule has 0 bridgehead atoms. The lowest BCUT2D eigenvalue weighted by Crippen LogP contribution is -2.35. The number of nitrogens with one attached hydrogen (secondary N) is 1. The topological polar surface area (TPSA) is 41.6 Å². The summed E-state index contributed by atoms with van der Waals surface area (Å²) in [6, 6.07) is 18.5. The fourth-order valence-corrected chi connectivity index (χ4v) is 3.86. The summed E-state index contributed by atoms with van der Waals surface area (Å²) < 4.78 is 5.40. The van der Waals surface area contributed by atoms with Crippen LogP contribution in [0.3, 0.4) is 0 Å². The summed E-state index contributed by atoms with van der Waals surface area (Å²) in [5.41, 5.74) is 2.42. The van der Waals surface area contributed by atoms with Gasteiger partial charge in [0, 0.05) is 31.1 Å². The second-order valence-corrected chi connectivity index (χ2v) is 7.91. The zero-order valence-electron chi connectivity index (χ0n) is 15.2. The van der Waals surface area contributed by atoms with E-state index in [1.807, 2.05) is 37.3 Å². The van der Waals surface area contributed by atoms with E-state index in [1.54, 1.807) is 11.8 Å². The van der Waals surface area contributed by atoms with Crippen molar-refractivity contribution in [3.05, 3.63) is 65.7 Å². The van der Waals surface area contributed by atoms with Gasteiger partial charge in [0.25, 0.3) is 0 Å². The average Bonchev–Trinajstić information content (AvgIpc) is 2.68. The van der Waals surface area contributed by atoms with Crippen LogP contribution in [0.2, 0.25) is 0 Å². The van der Waals surface area contributed by atoms with E-state index in [0.29, 0.717) is 6.54 Å². The van der Waals surface area contributed by atoms with Crippen molar-refractivity contribution in [2.75, 3.05) is 26.3 Å². The van der Waals surface area contributed by atoms with Gasteiger partial charge in [-0.1, -0.05) is 42.5 Å². The highest BCUT2D eigenvalue weighted by atomic mass is 32.2. The number of rotatable bonds is 7. The standard InChI is InChI=1S/C21H26N2O2S/c1-17(26-20-8-3-2-4-9-20)21(24)22-15-18-6-5-7-19(14-18)16-23-10-12-25-13-11-23/h2-9,14,17H,10-13,15-16H2,1H3,(H,22,24). The first-order valence-electron chi connectivity index (χ1n) is 9.08. The van der Waals surface area contributed by atoms with Crippen LogP contribution >= 0.6 is 11.8 Å². The number of morpholine rings is 1. The summed E-state index contributed by atoms with van der Waals surface area (Å²) >= 11 is 1.58. The molecular weight excluding hydrogens is 344 g/mol. The third-order valence-electron chi connectivity index (χ3n) is 4.39. The van der Waals surface area contributed by atoms with E-state index < -0.39 is 0 Å². The first-order chi connectivity index (χ1) is 12.7. The molecule has 138 valence electrons.